The van der Waals surface area contributed by atoms with Gasteiger partial charge in [-0.1, -0.05) is 44.2 Å². The Morgan fingerprint density at radius 3 is 2.56 bits per heavy atom. The molecule has 0 fully saturated rings. The highest BCUT2D eigenvalue weighted by Crippen LogP contribution is 2.25. The van der Waals surface area contributed by atoms with Crippen LogP contribution in [-0.2, 0) is 5.41 Å². The number of nitrogens with zero attached hydrogens (tertiary/aromatic N) is 4. The lowest BCUT2D eigenvalue weighted by Crippen LogP contribution is -2.29. The average Bonchev–Trinajstić information content (AvgIpc) is 2.78. The normalized spacial score (nSPS) is 12.7. The highest BCUT2D eigenvalue weighted by Gasteiger charge is 2.21. The van der Waals surface area contributed by atoms with E-state index < -0.39 is 0 Å². The molecule has 0 saturated heterocycles. The molecule has 4 aromatic rings. The van der Waals surface area contributed by atoms with Crippen LogP contribution >= 0.6 is 0 Å². The quantitative estimate of drug-likeness (QED) is 0.482. The first kappa shape index (κ1) is 21.6. The molecular weight excluding hydrogens is 405 g/mol. The molecule has 2 heterocycles. The van der Waals surface area contributed by atoms with Crippen LogP contribution in [0.5, 0.6) is 0 Å². The van der Waals surface area contributed by atoms with Crippen LogP contribution in [0.3, 0.4) is 0 Å². The molecule has 2 aromatic heterocycles. The number of hydrogen-bond donors (Lipinski definition) is 1. The van der Waals surface area contributed by atoms with Gasteiger partial charge in [-0.05, 0) is 37.6 Å². The van der Waals surface area contributed by atoms with Gasteiger partial charge in [-0.25, -0.2) is 19.0 Å². The number of fused-ring (bicyclic) bond motifs is 1. The minimum absolute atomic E-state index is 0.154. The number of halogens is 1. The number of aromatic nitrogens is 4. The van der Waals surface area contributed by atoms with Crippen molar-refractivity contribution in [3.05, 3.63) is 94.0 Å². The summed E-state index contributed by atoms with van der Waals surface area (Å²) < 4.78 is 14.7. The summed E-state index contributed by atoms with van der Waals surface area (Å²) in [5.41, 5.74) is 1.33. The third-order valence-corrected chi connectivity index (χ3v) is 5.71. The van der Waals surface area contributed by atoms with Gasteiger partial charge in [0.1, 0.15) is 17.5 Å². The standard InChI is InChI=1S/C25H26FN5O/c1-16(31-24(32)21-8-6-5-7-18(21)14-28-31)22-13-23(30-17(2)29-22)27-15-25(3,4)19-9-11-20(26)12-10-19/h5-14,16H,15H2,1-4H3,(H,27,29,30)/t16-/m1/s1. The summed E-state index contributed by atoms with van der Waals surface area (Å²) in [6, 6.07) is 15.4. The Hall–Kier alpha value is -3.61. The largest absolute Gasteiger partial charge is 0.369 e. The van der Waals surface area contributed by atoms with Crippen LogP contribution in [0.1, 0.15) is 43.9 Å². The number of benzene rings is 2. The van der Waals surface area contributed by atoms with Gasteiger partial charge in [-0.3, -0.25) is 4.79 Å². The molecular formula is C25H26FN5O. The van der Waals surface area contributed by atoms with Crippen molar-refractivity contribution < 1.29 is 4.39 Å². The number of nitrogens with one attached hydrogen (secondary N) is 1. The van der Waals surface area contributed by atoms with Crippen molar-refractivity contribution in [1.29, 1.82) is 0 Å². The number of aryl methyl sites for hydroxylation is 1. The van der Waals surface area contributed by atoms with E-state index in [1.54, 1.807) is 24.4 Å². The van der Waals surface area contributed by atoms with Crippen LogP contribution in [0.4, 0.5) is 10.2 Å². The maximum absolute atomic E-state index is 13.3. The number of hydrogen-bond acceptors (Lipinski definition) is 5. The zero-order valence-corrected chi connectivity index (χ0v) is 18.6. The summed E-state index contributed by atoms with van der Waals surface area (Å²) >= 11 is 0. The molecule has 0 aliphatic carbocycles. The van der Waals surface area contributed by atoms with Gasteiger partial charge in [0.25, 0.3) is 5.56 Å². The zero-order chi connectivity index (χ0) is 22.9. The maximum atomic E-state index is 13.3. The zero-order valence-electron chi connectivity index (χ0n) is 18.6. The smallest absolute Gasteiger partial charge is 0.275 e. The van der Waals surface area contributed by atoms with E-state index >= 15 is 0 Å². The van der Waals surface area contributed by atoms with Gasteiger partial charge in [0.15, 0.2) is 0 Å². The van der Waals surface area contributed by atoms with E-state index in [0.29, 0.717) is 29.3 Å². The lowest BCUT2D eigenvalue weighted by atomic mass is 9.84. The van der Waals surface area contributed by atoms with Crippen molar-refractivity contribution in [3.8, 4) is 0 Å². The Bertz CT molecular complexity index is 1310. The van der Waals surface area contributed by atoms with Crippen molar-refractivity contribution in [2.45, 2.75) is 39.2 Å². The summed E-state index contributed by atoms with van der Waals surface area (Å²) in [5, 5.41) is 9.18. The van der Waals surface area contributed by atoms with E-state index in [-0.39, 0.29) is 22.8 Å². The van der Waals surface area contributed by atoms with Crippen LogP contribution in [0.15, 0.2) is 65.6 Å². The van der Waals surface area contributed by atoms with Crippen LogP contribution in [0.25, 0.3) is 10.8 Å². The first-order valence-electron chi connectivity index (χ1n) is 10.6. The number of rotatable bonds is 6. The highest BCUT2D eigenvalue weighted by atomic mass is 19.1. The first-order valence-corrected chi connectivity index (χ1v) is 10.6. The fourth-order valence-corrected chi connectivity index (χ4v) is 3.72. The first-order chi connectivity index (χ1) is 15.2. The summed E-state index contributed by atoms with van der Waals surface area (Å²) in [6.07, 6.45) is 1.70. The Kier molecular flexibility index (Phi) is 5.74. The molecule has 0 radical (unpaired) electrons. The molecule has 0 aliphatic heterocycles. The van der Waals surface area contributed by atoms with Crippen molar-refractivity contribution >= 4 is 16.6 Å². The van der Waals surface area contributed by atoms with Crippen molar-refractivity contribution in [1.82, 2.24) is 19.7 Å². The number of anilines is 1. The van der Waals surface area contributed by atoms with E-state index in [1.165, 1.54) is 16.8 Å². The summed E-state index contributed by atoms with van der Waals surface area (Å²) in [5.74, 6) is 1.02. The molecule has 32 heavy (non-hydrogen) atoms. The van der Waals surface area contributed by atoms with Gasteiger partial charge in [-0.15, -0.1) is 0 Å². The second-order valence-electron chi connectivity index (χ2n) is 8.63. The van der Waals surface area contributed by atoms with Gasteiger partial charge in [-0.2, -0.15) is 5.10 Å². The molecule has 0 amide bonds. The van der Waals surface area contributed by atoms with Crippen molar-refractivity contribution in [2.75, 3.05) is 11.9 Å². The molecule has 4 rings (SSSR count). The third kappa shape index (κ3) is 4.37. The lowest BCUT2D eigenvalue weighted by Gasteiger charge is -2.26. The van der Waals surface area contributed by atoms with Gasteiger partial charge in [0, 0.05) is 23.4 Å². The second kappa shape index (κ2) is 8.49. The highest BCUT2D eigenvalue weighted by molar-refractivity contribution is 5.80. The average molecular weight is 432 g/mol. The molecule has 0 aliphatic rings. The Balaban J connectivity index is 1.59. The predicted octanol–water partition coefficient (Wildman–Crippen LogP) is 4.63. The van der Waals surface area contributed by atoms with Gasteiger partial charge < -0.3 is 5.32 Å². The summed E-state index contributed by atoms with van der Waals surface area (Å²) in [6.45, 7) is 8.49. The van der Waals surface area contributed by atoms with E-state index in [9.17, 15) is 9.18 Å². The maximum Gasteiger partial charge on any atom is 0.275 e. The van der Waals surface area contributed by atoms with E-state index in [2.05, 4.69) is 34.2 Å². The molecule has 1 atom stereocenters. The molecule has 0 spiro atoms. The van der Waals surface area contributed by atoms with Gasteiger partial charge in [0.05, 0.1) is 23.3 Å². The SMILES string of the molecule is Cc1nc(NCC(C)(C)c2ccc(F)cc2)cc([C@@H](C)n2ncc3ccccc3c2=O)n1. The molecule has 7 heteroatoms. The van der Waals surface area contributed by atoms with Crippen LogP contribution in [0.2, 0.25) is 0 Å². The molecule has 2 aromatic carbocycles. The summed E-state index contributed by atoms with van der Waals surface area (Å²) in [7, 11) is 0. The van der Waals surface area contributed by atoms with Gasteiger partial charge in [0.2, 0.25) is 0 Å². The van der Waals surface area contributed by atoms with E-state index in [4.69, 9.17) is 0 Å². The van der Waals surface area contributed by atoms with Crippen molar-refractivity contribution in [3.63, 3.8) is 0 Å². The van der Waals surface area contributed by atoms with Crippen LogP contribution in [0, 0.1) is 12.7 Å². The minimum atomic E-state index is -0.362. The Morgan fingerprint density at radius 2 is 1.81 bits per heavy atom. The van der Waals surface area contributed by atoms with E-state index in [1.807, 2.05) is 38.1 Å². The minimum Gasteiger partial charge on any atom is -0.369 e. The monoisotopic (exact) mass is 431 g/mol. The molecule has 6 nitrogen and oxygen atoms in total. The van der Waals surface area contributed by atoms with Gasteiger partial charge >= 0.3 is 0 Å². The molecule has 1 N–H and O–H groups in total. The fourth-order valence-electron chi connectivity index (χ4n) is 3.72. The lowest BCUT2D eigenvalue weighted by molar-refractivity contribution is 0.523. The molecule has 164 valence electrons. The van der Waals surface area contributed by atoms with Crippen molar-refractivity contribution in [2.24, 2.45) is 0 Å². The van der Waals surface area contributed by atoms with Crippen LogP contribution < -0.4 is 10.9 Å². The van der Waals surface area contributed by atoms with E-state index in [0.717, 1.165) is 10.9 Å². The molecule has 0 unspecified atom stereocenters. The fraction of sp³-hybridized carbons (Fsp3) is 0.280. The topological polar surface area (TPSA) is 72.7 Å². The Labute approximate surface area is 186 Å². The Morgan fingerprint density at radius 1 is 1.09 bits per heavy atom. The summed E-state index contributed by atoms with van der Waals surface area (Å²) in [4.78, 5) is 22.0. The van der Waals surface area contributed by atoms with Crippen LogP contribution in [-0.4, -0.2) is 26.3 Å². The third-order valence-electron chi connectivity index (χ3n) is 5.71. The molecule has 0 bridgehead atoms. The predicted molar refractivity (Wildman–Crippen MR) is 125 cm³/mol. The molecule has 0 saturated carbocycles. The second-order valence-corrected chi connectivity index (χ2v) is 8.63.